The predicted molar refractivity (Wildman–Crippen MR) is 48.8 cm³/mol. The molecule has 0 nitrogen and oxygen atoms in total. The number of fused-ring (bicyclic) bond motifs is 1. The van der Waals surface area contributed by atoms with Crippen LogP contribution in [0, 0.1) is 17.3 Å². The van der Waals surface area contributed by atoms with Crippen LogP contribution in [-0.4, -0.2) is 5.88 Å². The summed E-state index contributed by atoms with van der Waals surface area (Å²) >= 11 is 5.86. The molecule has 0 amide bonds. The molecule has 0 aliphatic heterocycles. The third-order valence-electron chi connectivity index (χ3n) is 3.74. The van der Waals surface area contributed by atoms with Crippen LogP contribution in [-0.2, 0) is 0 Å². The van der Waals surface area contributed by atoms with Gasteiger partial charge in [0, 0.05) is 5.88 Å². The van der Waals surface area contributed by atoms with Gasteiger partial charge in [-0.3, -0.25) is 0 Å². The van der Waals surface area contributed by atoms with Gasteiger partial charge in [-0.2, -0.15) is 0 Å². The summed E-state index contributed by atoms with van der Waals surface area (Å²) in [5, 5.41) is 0. The molecule has 3 aliphatic carbocycles. The highest BCUT2D eigenvalue weighted by Crippen LogP contribution is 2.59. The average molecular weight is 171 g/mol. The zero-order chi connectivity index (χ0) is 8.06. The van der Waals surface area contributed by atoms with Gasteiger partial charge in [-0.1, -0.05) is 25.5 Å². The van der Waals surface area contributed by atoms with Crippen LogP contribution in [0.15, 0.2) is 11.6 Å². The highest BCUT2D eigenvalue weighted by atomic mass is 35.5. The van der Waals surface area contributed by atoms with E-state index in [9.17, 15) is 0 Å². The summed E-state index contributed by atoms with van der Waals surface area (Å²) in [6, 6.07) is 0. The van der Waals surface area contributed by atoms with Crippen molar-refractivity contribution < 1.29 is 0 Å². The molecule has 0 N–H and O–H groups in total. The number of halogens is 1. The molecule has 0 aromatic rings. The van der Waals surface area contributed by atoms with Gasteiger partial charge in [0.1, 0.15) is 0 Å². The van der Waals surface area contributed by atoms with Gasteiger partial charge in [0.05, 0.1) is 0 Å². The van der Waals surface area contributed by atoms with E-state index in [1.807, 2.05) is 0 Å². The van der Waals surface area contributed by atoms with Crippen LogP contribution in [0.5, 0.6) is 0 Å². The highest BCUT2D eigenvalue weighted by molar-refractivity contribution is 6.19. The molecule has 1 heteroatoms. The van der Waals surface area contributed by atoms with Gasteiger partial charge >= 0.3 is 0 Å². The second kappa shape index (κ2) is 2.26. The molecule has 3 aliphatic rings. The lowest BCUT2D eigenvalue weighted by molar-refractivity contribution is -0.00548. The van der Waals surface area contributed by atoms with Gasteiger partial charge in [0.25, 0.3) is 0 Å². The van der Waals surface area contributed by atoms with Gasteiger partial charge in [0.2, 0.25) is 0 Å². The molecule has 0 spiro atoms. The molecule has 0 aromatic heterocycles. The minimum atomic E-state index is 0.555. The fourth-order valence-corrected chi connectivity index (χ4v) is 2.92. The number of hydrogen-bond acceptors (Lipinski definition) is 0. The van der Waals surface area contributed by atoms with E-state index in [-0.39, 0.29) is 0 Å². The molecular formula is C10H15Cl. The van der Waals surface area contributed by atoms with E-state index in [1.54, 1.807) is 0 Å². The first kappa shape index (κ1) is 7.67. The Morgan fingerprint density at radius 1 is 1.64 bits per heavy atom. The third-order valence-corrected chi connectivity index (χ3v) is 4.05. The standard InChI is InChI=1S/C10H15Cl/c1-10(2)8-4-3-7(6-11)9(10)5-8/h3,8-9H,4-6H2,1-2H3/t8-,9+/m1/s1. The third kappa shape index (κ3) is 0.885. The Hall–Kier alpha value is 0.0300. The molecule has 0 radical (unpaired) electrons. The van der Waals surface area contributed by atoms with Crippen molar-refractivity contribution in [2.75, 3.05) is 5.88 Å². The maximum atomic E-state index is 5.86. The van der Waals surface area contributed by atoms with E-state index in [1.165, 1.54) is 18.4 Å². The van der Waals surface area contributed by atoms with Crippen molar-refractivity contribution in [3.8, 4) is 0 Å². The number of allylic oxidation sites excluding steroid dienone is 2. The van der Waals surface area contributed by atoms with E-state index < -0.39 is 0 Å². The lowest BCUT2D eigenvalue weighted by atomic mass is 9.49. The van der Waals surface area contributed by atoms with Crippen LogP contribution in [0.1, 0.15) is 26.7 Å². The summed E-state index contributed by atoms with van der Waals surface area (Å²) in [5.74, 6) is 2.50. The summed E-state index contributed by atoms with van der Waals surface area (Å²) in [5.41, 5.74) is 2.05. The van der Waals surface area contributed by atoms with E-state index in [0.717, 1.165) is 17.7 Å². The van der Waals surface area contributed by atoms with Crippen LogP contribution in [0.3, 0.4) is 0 Å². The quantitative estimate of drug-likeness (QED) is 0.419. The van der Waals surface area contributed by atoms with Crippen molar-refractivity contribution in [3.63, 3.8) is 0 Å². The second-order valence-corrected chi connectivity index (χ2v) is 4.72. The fraction of sp³-hybridized carbons (Fsp3) is 0.800. The Balaban J connectivity index is 2.23. The first-order valence-electron chi connectivity index (χ1n) is 4.41. The van der Waals surface area contributed by atoms with Crippen LogP contribution in [0.4, 0.5) is 0 Å². The van der Waals surface area contributed by atoms with E-state index in [2.05, 4.69) is 19.9 Å². The molecule has 0 aromatic carbocycles. The minimum Gasteiger partial charge on any atom is -0.122 e. The van der Waals surface area contributed by atoms with E-state index in [0.29, 0.717) is 5.41 Å². The summed E-state index contributed by atoms with van der Waals surface area (Å²) in [7, 11) is 0. The molecule has 11 heavy (non-hydrogen) atoms. The summed E-state index contributed by atoms with van der Waals surface area (Å²) in [6.45, 7) is 4.76. The van der Waals surface area contributed by atoms with E-state index >= 15 is 0 Å². The topological polar surface area (TPSA) is 0 Å². The molecule has 1 saturated carbocycles. The monoisotopic (exact) mass is 170 g/mol. The van der Waals surface area contributed by atoms with Crippen molar-refractivity contribution >= 4 is 11.6 Å². The average Bonchev–Trinajstić information content (AvgIpc) is 2.04. The second-order valence-electron chi connectivity index (χ2n) is 4.45. The molecule has 2 atom stereocenters. The van der Waals surface area contributed by atoms with Crippen LogP contribution < -0.4 is 0 Å². The summed E-state index contributed by atoms with van der Waals surface area (Å²) in [4.78, 5) is 0. The van der Waals surface area contributed by atoms with Crippen LogP contribution >= 0.6 is 11.6 Å². The molecule has 2 bridgehead atoms. The fourth-order valence-electron chi connectivity index (χ4n) is 2.63. The smallest absolute Gasteiger partial charge is 0.0436 e. The number of hydrogen-bond donors (Lipinski definition) is 0. The number of alkyl halides is 1. The lowest BCUT2D eigenvalue weighted by Gasteiger charge is -2.56. The van der Waals surface area contributed by atoms with Gasteiger partial charge in [-0.15, -0.1) is 11.6 Å². The molecule has 62 valence electrons. The molecular weight excluding hydrogens is 156 g/mol. The van der Waals surface area contributed by atoms with Crippen molar-refractivity contribution in [2.24, 2.45) is 17.3 Å². The van der Waals surface area contributed by atoms with Crippen LogP contribution in [0.2, 0.25) is 0 Å². The maximum Gasteiger partial charge on any atom is 0.0436 e. The van der Waals surface area contributed by atoms with Crippen molar-refractivity contribution in [1.29, 1.82) is 0 Å². The summed E-state index contributed by atoms with van der Waals surface area (Å²) < 4.78 is 0. The Kier molecular flexibility index (Phi) is 1.57. The van der Waals surface area contributed by atoms with Gasteiger partial charge in [-0.25, -0.2) is 0 Å². The number of rotatable bonds is 1. The van der Waals surface area contributed by atoms with Crippen LogP contribution in [0.25, 0.3) is 0 Å². The largest absolute Gasteiger partial charge is 0.122 e. The van der Waals surface area contributed by atoms with Gasteiger partial charge in [-0.05, 0) is 30.1 Å². The van der Waals surface area contributed by atoms with Crippen molar-refractivity contribution in [3.05, 3.63) is 11.6 Å². The predicted octanol–water partition coefficient (Wildman–Crippen LogP) is 3.22. The van der Waals surface area contributed by atoms with Crippen molar-refractivity contribution in [1.82, 2.24) is 0 Å². The first-order chi connectivity index (χ1) is 5.16. The van der Waals surface area contributed by atoms with Crippen molar-refractivity contribution in [2.45, 2.75) is 26.7 Å². The molecule has 3 rings (SSSR count). The zero-order valence-corrected chi connectivity index (χ0v) is 7.99. The first-order valence-corrected chi connectivity index (χ1v) is 4.94. The SMILES string of the molecule is CC1(C)[C@@H]2CC=C(CCl)[C@@H]1C2. The molecule has 0 saturated heterocycles. The van der Waals surface area contributed by atoms with Gasteiger partial charge in [0.15, 0.2) is 0 Å². The normalized spacial score (nSPS) is 39.4. The highest BCUT2D eigenvalue weighted by Gasteiger charge is 2.50. The molecule has 0 unspecified atom stereocenters. The zero-order valence-electron chi connectivity index (χ0n) is 7.23. The lowest BCUT2D eigenvalue weighted by Crippen LogP contribution is -2.48. The molecule has 0 heterocycles. The summed E-state index contributed by atoms with van der Waals surface area (Å²) in [6.07, 6.45) is 5.02. The minimum absolute atomic E-state index is 0.555. The molecule has 1 fully saturated rings. The Morgan fingerprint density at radius 2 is 2.36 bits per heavy atom. The van der Waals surface area contributed by atoms with E-state index in [4.69, 9.17) is 11.6 Å². The maximum absolute atomic E-state index is 5.86. The Labute approximate surface area is 73.6 Å². The Bertz CT molecular complexity index is 203. The Morgan fingerprint density at radius 3 is 2.73 bits per heavy atom. The van der Waals surface area contributed by atoms with Gasteiger partial charge < -0.3 is 0 Å².